The van der Waals surface area contributed by atoms with Crippen molar-refractivity contribution < 1.29 is 34.3 Å². The van der Waals surface area contributed by atoms with Gasteiger partial charge in [0.25, 0.3) is 0 Å². The van der Waals surface area contributed by atoms with Gasteiger partial charge in [-0.05, 0) is 0 Å². The van der Waals surface area contributed by atoms with E-state index in [9.17, 15) is 0 Å². The molecule has 1 radical (unpaired) electrons. The van der Waals surface area contributed by atoms with Crippen molar-refractivity contribution in [2.24, 2.45) is 0 Å². The number of hydrogen-bond acceptors (Lipinski definition) is 2. The number of hydrogen-bond donors (Lipinski definition) is 2. The van der Waals surface area contributed by atoms with E-state index in [1.54, 1.807) is 0 Å². The van der Waals surface area contributed by atoms with Crippen molar-refractivity contribution in [3.63, 3.8) is 0 Å². The Morgan fingerprint density at radius 1 is 1.14 bits per heavy atom. The molecule has 0 rings (SSSR count). The third-order valence-electron chi connectivity index (χ3n) is 0. The Morgan fingerprint density at radius 3 is 1.14 bits per heavy atom. The van der Waals surface area contributed by atoms with Gasteiger partial charge < -0.3 is 0 Å². The van der Waals surface area contributed by atoms with Gasteiger partial charge >= 0.3 is 40.0 Å². The molecule has 0 saturated carbocycles. The maximum atomic E-state index is 8.74. The molecule has 43 valence electrons. The molecule has 0 heterocycles. The van der Waals surface area contributed by atoms with Crippen LogP contribution in [0, 0.1) is 0 Å². The van der Waals surface area contributed by atoms with E-state index in [2.05, 4.69) is 0 Å². The van der Waals surface area contributed by atoms with Crippen LogP contribution >= 0.6 is 0 Å². The zero-order valence-corrected chi connectivity index (χ0v) is 4.31. The van der Waals surface area contributed by atoms with Crippen LogP contribution in [0.3, 0.4) is 0 Å². The first-order valence-electron chi connectivity index (χ1n) is 0.698. The van der Waals surface area contributed by atoms with Crippen LogP contribution in [-0.2, 0) is 27.2 Å². The van der Waals surface area contributed by atoms with Crippen LogP contribution in [0.25, 0.3) is 0 Å². The maximum absolute atomic E-state index is 8.74. The summed E-state index contributed by atoms with van der Waals surface area (Å²) in [6, 6.07) is 0. The van der Waals surface area contributed by atoms with Crippen LogP contribution in [0.1, 0.15) is 0 Å². The molecule has 2 N–H and O–H groups in total. The van der Waals surface area contributed by atoms with E-state index in [1.165, 1.54) is 0 Å². The monoisotopic (exact) mass is 181 g/mol. The number of rotatable bonds is 0. The summed E-state index contributed by atoms with van der Waals surface area (Å²) in [7, 11) is -4.67. The zero-order valence-electron chi connectivity index (χ0n) is 2.45. The SMILES string of the molecule is O=S(=O)(O)O.[Co].[NaH]. The summed E-state index contributed by atoms with van der Waals surface area (Å²) >= 11 is 0. The van der Waals surface area contributed by atoms with Crippen molar-refractivity contribution in [2.45, 2.75) is 0 Å². The van der Waals surface area contributed by atoms with Crippen molar-refractivity contribution >= 4 is 40.0 Å². The van der Waals surface area contributed by atoms with Crippen molar-refractivity contribution in [3.8, 4) is 0 Å². The van der Waals surface area contributed by atoms with Crippen LogP contribution in [0.5, 0.6) is 0 Å². The molecular formula is H3CoNaO4S. The first-order chi connectivity index (χ1) is 2.00. The van der Waals surface area contributed by atoms with Crippen LogP contribution in [-0.4, -0.2) is 47.1 Å². The summed E-state index contributed by atoms with van der Waals surface area (Å²) in [6.07, 6.45) is 0. The minimum absolute atomic E-state index is 0. The molecule has 0 aliphatic rings. The van der Waals surface area contributed by atoms with Gasteiger partial charge in [-0.15, -0.1) is 0 Å². The first-order valence-corrected chi connectivity index (χ1v) is 2.10. The summed E-state index contributed by atoms with van der Waals surface area (Å²) < 4.78 is 31.6. The van der Waals surface area contributed by atoms with Crippen molar-refractivity contribution in [1.82, 2.24) is 0 Å². The van der Waals surface area contributed by atoms with Crippen molar-refractivity contribution in [2.75, 3.05) is 0 Å². The molecule has 0 unspecified atom stereocenters. The second kappa shape index (κ2) is 5.51. The molecule has 0 saturated heterocycles. The Kier molecular flexibility index (Phi) is 12.4. The van der Waals surface area contributed by atoms with Gasteiger partial charge in [0.2, 0.25) is 0 Å². The predicted octanol–water partition coefficient (Wildman–Crippen LogP) is -1.30. The normalized spacial score (nSPS) is 8.29. The second-order valence-electron chi connectivity index (χ2n) is 0.448. The summed E-state index contributed by atoms with van der Waals surface area (Å²) in [5.41, 5.74) is 0. The molecule has 0 aromatic rings. The molecule has 7 heteroatoms. The fourth-order valence-electron chi connectivity index (χ4n) is 0. The Labute approximate surface area is 73.7 Å². The fraction of sp³-hybridized carbons (Fsp3) is 0. The topological polar surface area (TPSA) is 74.6 Å². The molecule has 4 nitrogen and oxygen atoms in total. The molecule has 7 heavy (non-hydrogen) atoms. The van der Waals surface area contributed by atoms with E-state index in [0.29, 0.717) is 0 Å². The molecule has 0 atom stereocenters. The van der Waals surface area contributed by atoms with Gasteiger partial charge in [-0.1, -0.05) is 0 Å². The van der Waals surface area contributed by atoms with Crippen LogP contribution < -0.4 is 0 Å². The average molecular weight is 181 g/mol. The molecule has 0 amide bonds. The zero-order chi connectivity index (χ0) is 4.50. The van der Waals surface area contributed by atoms with E-state index >= 15 is 0 Å². The first kappa shape index (κ1) is 15.8. The Balaban J connectivity index is -0.0000000800. The molecule has 0 fully saturated rings. The van der Waals surface area contributed by atoms with E-state index in [0.717, 1.165) is 0 Å². The van der Waals surface area contributed by atoms with E-state index in [1.807, 2.05) is 0 Å². The summed E-state index contributed by atoms with van der Waals surface area (Å²) in [5, 5.41) is 0. The molecule has 0 aromatic heterocycles. The quantitative estimate of drug-likeness (QED) is 0.359. The van der Waals surface area contributed by atoms with E-state index in [4.69, 9.17) is 17.5 Å². The van der Waals surface area contributed by atoms with Crippen LogP contribution in [0.2, 0.25) is 0 Å². The van der Waals surface area contributed by atoms with Crippen LogP contribution in [0.15, 0.2) is 0 Å². The predicted molar refractivity (Wildman–Crippen MR) is 21.3 cm³/mol. The van der Waals surface area contributed by atoms with Gasteiger partial charge in [-0.2, -0.15) is 8.42 Å². The second-order valence-corrected chi connectivity index (χ2v) is 1.34. The van der Waals surface area contributed by atoms with Crippen molar-refractivity contribution in [1.29, 1.82) is 0 Å². The molecule has 0 spiro atoms. The van der Waals surface area contributed by atoms with Gasteiger partial charge in [0.05, 0.1) is 0 Å². The molecule has 0 bridgehead atoms. The third-order valence-corrected chi connectivity index (χ3v) is 0. The molecule has 0 aliphatic heterocycles. The molecule has 0 aromatic carbocycles. The van der Waals surface area contributed by atoms with Gasteiger partial charge in [0, 0.05) is 16.8 Å². The van der Waals surface area contributed by atoms with Gasteiger partial charge in [0.15, 0.2) is 0 Å². The Hall–Kier alpha value is 1.38. The van der Waals surface area contributed by atoms with E-state index in [-0.39, 0.29) is 46.3 Å². The van der Waals surface area contributed by atoms with Gasteiger partial charge in [-0.3, -0.25) is 9.11 Å². The molecular weight excluding hydrogens is 178 g/mol. The van der Waals surface area contributed by atoms with Gasteiger partial charge in [0.1, 0.15) is 0 Å². The average Bonchev–Trinajstić information content (AvgIpc) is 0.722. The summed E-state index contributed by atoms with van der Waals surface area (Å²) in [6.45, 7) is 0. The third kappa shape index (κ3) is 113. The molecule has 0 aliphatic carbocycles. The van der Waals surface area contributed by atoms with Gasteiger partial charge in [-0.25, -0.2) is 0 Å². The Bertz CT molecular complexity index is 94.9. The van der Waals surface area contributed by atoms with Crippen molar-refractivity contribution in [3.05, 3.63) is 0 Å². The van der Waals surface area contributed by atoms with Crippen LogP contribution in [0.4, 0.5) is 0 Å². The standard InChI is InChI=1S/Co.Na.H2O4S.H/c;;1-5(2,3)4;/h;;(H2,1,2,3,4);. The fourth-order valence-corrected chi connectivity index (χ4v) is 0. The Morgan fingerprint density at radius 2 is 1.14 bits per heavy atom. The van der Waals surface area contributed by atoms with E-state index < -0.39 is 10.4 Å². The minimum atomic E-state index is -4.67. The summed E-state index contributed by atoms with van der Waals surface area (Å²) in [5.74, 6) is 0. The summed E-state index contributed by atoms with van der Waals surface area (Å²) in [4.78, 5) is 0.